The van der Waals surface area contributed by atoms with E-state index >= 15 is 0 Å². The highest BCUT2D eigenvalue weighted by Crippen LogP contribution is 2.21. The summed E-state index contributed by atoms with van der Waals surface area (Å²) >= 11 is 0. The number of aromatic nitrogens is 4. The summed E-state index contributed by atoms with van der Waals surface area (Å²) in [7, 11) is 0. The predicted octanol–water partition coefficient (Wildman–Crippen LogP) is 2.83. The number of nitrogens with zero attached hydrogens (tertiary/aromatic N) is 3. The van der Waals surface area contributed by atoms with Crippen molar-refractivity contribution < 1.29 is 0 Å². The number of fused-ring (bicyclic) bond motifs is 1. The maximum atomic E-state index is 4.61. The monoisotopic (exact) mass is 279 g/mol. The molecular formula is C16H17N5. The number of anilines is 1. The first-order valence-corrected chi connectivity index (χ1v) is 7.27. The van der Waals surface area contributed by atoms with E-state index in [0.717, 1.165) is 42.0 Å². The molecular weight excluding hydrogens is 262 g/mol. The lowest BCUT2D eigenvalue weighted by atomic mass is 10.1. The molecule has 0 spiro atoms. The largest absolute Gasteiger partial charge is 0.379 e. The summed E-state index contributed by atoms with van der Waals surface area (Å²) in [5.74, 6) is 0. The zero-order valence-electron chi connectivity index (χ0n) is 11.7. The zero-order valence-corrected chi connectivity index (χ0v) is 11.7. The van der Waals surface area contributed by atoms with E-state index in [4.69, 9.17) is 0 Å². The van der Waals surface area contributed by atoms with E-state index in [1.54, 1.807) is 0 Å². The molecule has 3 aromatic rings. The first-order chi connectivity index (χ1) is 10.4. The average Bonchev–Trinajstić information content (AvgIpc) is 3.22. The molecule has 1 aliphatic rings. The van der Waals surface area contributed by atoms with Crippen LogP contribution in [0.2, 0.25) is 0 Å². The van der Waals surface area contributed by atoms with Gasteiger partial charge in [-0.25, -0.2) is 0 Å². The van der Waals surface area contributed by atoms with Gasteiger partial charge in [0.2, 0.25) is 0 Å². The summed E-state index contributed by atoms with van der Waals surface area (Å²) in [6, 6.07) is 10.6. The first kappa shape index (κ1) is 12.2. The van der Waals surface area contributed by atoms with E-state index < -0.39 is 0 Å². The lowest BCUT2D eigenvalue weighted by Crippen LogP contribution is -2.02. The summed E-state index contributed by atoms with van der Waals surface area (Å²) in [6.45, 7) is 1.83. The fraction of sp³-hybridized carbons (Fsp3) is 0.250. The predicted molar refractivity (Wildman–Crippen MR) is 81.9 cm³/mol. The van der Waals surface area contributed by atoms with Crippen LogP contribution in [-0.4, -0.2) is 20.0 Å². The SMILES string of the molecule is c1cc(-c2cn[nH]c2)ccc1NCc1cc2n(n1)CCC2. The van der Waals surface area contributed by atoms with Crippen LogP contribution in [0.3, 0.4) is 0 Å². The highest BCUT2D eigenvalue weighted by atomic mass is 15.3. The van der Waals surface area contributed by atoms with Gasteiger partial charge in [-0.05, 0) is 36.6 Å². The number of H-pyrrole nitrogens is 1. The Morgan fingerprint density at radius 2 is 2.10 bits per heavy atom. The molecule has 0 amide bonds. The average molecular weight is 279 g/mol. The fourth-order valence-electron chi connectivity index (χ4n) is 2.79. The summed E-state index contributed by atoms with van der Waals surface area (Å²) in [5, 5.41) is 14.8. The second-order valence-corrected chi connectivity index (χ2v) is 5.37. The van der Waals surface area contributed by atoms with Gasteiger partial charge in [-0.2, -0.15) is 10.2 Å². The number of aryl methyl sites for hydroxylation is 2. The van der Waals surface area contributed by atoms with Crippen molar-refractivity contribution in [1.82, 2.24) is 20.0 Å². The lowest BCUT2D eigenvalue weighted by Gasteiger charge is -2.05. The Bertz CT molecular complexity index is 703. The molecule has 1 aromatic carbocycles. The van der Waals surface area contributed by atoms with Gasteiger partial charge in [0, 0.05) is 29.7 Å². The van der Waals surface area contributed by atoms with E-state index in [0.29, 0.717) is 0 Å². The van der Waals surface area contributed by atoms with Crippen molar-refractivity contribution >= 4 is 5.69 Å². The van der Waals surface area contributed by atoms with Crippen LogP contribution in [0.1, 0.15) is 17.8 Å². The number of benzene rings is 1. The van der Waals surface area contributed by atoms with Crippen LogP contribution in [0.25, 0.3) is 11.1 Å². The number of hydrogen-bond acceptors (Lipinski definition) is 3. The third-order valence-corrected chi connectivity index (χ3v) is 3.91. The van der Waals surface area contributed by atoms with Crippen LogP contribution in [0.4, 0.5) is 5.69 Å². The van der Waals surface area contributed by atoms with Gasteiger partial charge in [-0.1, -0.05) is 12.1 Å². The molecule has 1 aliphatic heterocycles. The van der Waals surface area contributed by atoms with Gasteiger partial charge in [-0.3, -0.25) is 9.78 Å². The van der Waals surface area contributed by atoms with E-state index in [2.05, 4.69) is 55.6 Å². The van der Waals surface area contributed by atoms with Crippen molar-refractivity contribution in [1.29, 1.82) is 0 Å². The van der Waals surface area contributed by atoms with Crippen molar-refractivity contribution in [2.24, 2.45) is 0 Å². The van der Waals surface area contributed by atoms with E-state index in [9.17, 15) is 0 Å². The zero-order chi connectivity index (χ0) is 14.1. The summed E-state index contributed by atoms with van der Waals surface area (Å²) in [5.41, 5.74) is 5.85. The Balaban J connectivity index is 1.42. The molecule has 3 heterocycles. The maximum Gasteiger partial charge on any atom is 0.0818 e. The van der Waals surface area contributed by atoms with Crippen LogP contribution in [0.5, 0.6) is 0 Å². The summed E-state index contributed by atoms with van der Waals surface area (Å²) in [4.78, 5) is 0. The standard InChI is InChI=1S/C16H17N5/c1-2-16-8-15(20-21(16)7-1)11-17-14-5-3-12(4-6-14)13-9-18-19-10-13/h3-6,8-10,17H,1-2,7,11H2,(H,18,19). The lowest BCUT2D eigenvalue weighted by molar-refractivity contribution is 0.645. The van der Waals surface area contributed by atoms with Gasteiger partial charge in [0.15, 0.2) is 0 Å². The Morgan fingerprint density at radius 3 is 2.86 bits per heavy atom. The highest BCUT2D eigenvalue weighted by Gasteiger charge is 2.12. The minimum absolute atomic E-state index is 0.769. The Morgan fingerprint density at radius 1 is 1.19 bits per heavy atom. The number of aromatic amines is 1. The van der Waals surface area contributed by atoms with Crippen LogP contribution in [0, 0.1) is 0 Å². The molecule has 21 heavy (non-hydrogen) atoms. The third kappa shape index (κ3) is 2.42. The molecule has 5 heteroatoms. The van der Waals surface area contributed by atoms with Crippen molar-refractivity contribution in [2.45, 2.75) is 25.9 Å². The van der Waals surface area contributed by atoms with Gasteiger partial charge < -0.3 is 5.32 Å². The molecule has 2 aromatic heterocycles. The van der Waals surface area contributed by atoms with E-state index in [1.807, 2.05) is 12.4 Å². The number of rotatable bonds is 4. The maximum absolute atomic E-state index is 4.61. The van der Waals surface area contributed by atoms with Crippen LogP contribution in [0.15, 0.2) is 42.7 Å². The minimum Gasteiger partial charge on any atom is -0.379 e. The molecule has 106 valence electrons. The Kier molecular flexibility index (Phi) is 2.96. The molecule has 0 atom stereocenters. The van der Waals surface area contributed by atoms with Crippen molar-refractivity contribution in [3.63, 3.8) is 0 Å². The number of nitrogens with one attached hydrogen (secondary N) is 2. The van der Waals surface area contributed by atoms with E-state index in [-0.39, 0.29) is 0 Å². The molecule has 0 fully saturated rings. The van der Waals surface area contributed by atoms with E-state index in [1.165, 1.54) is 12.1 Å². The van der Waals surface area contributed by atoms with Crippen molar-refractivity contribution in [2.75, 3.05) is 5.32 Å². The molecule has 0 radical (unpaired) electrons. The molecule has 0 saturated heterocycles. The van der Waals surface area contributed by atoms with Crippen LogP contribution in [-0.2, 0) is 19.5 Å². The molecule has 0 bridgehead atoms. The number of hydrogen-bond donors (Lipinski definition) is 2. The molecule has 2 N–H and O–H groups in total. The van der Waals surface area contributed by atoms with Gasteiger partial charge in [0.05, 0.1) is 18.4 Å². The second-order valence-electron chi connectivity index (χ2n) is 5.37. The van der Waals surface area contributed by atoms with Gasteiger partial charge in [0.25, 0.3) is 0 Å². The van der Waals surface area contributed by atoms with Crippen LogP contribution >= 0.6 is 0 Å². The molecule has 0 saturated carbocycles. The molecule has 0 unspecified atom stereocenters. The summed E-state index contributed by atoms with van der Waals surface area (Å²) < 4.78 is 2.12. The van der Waals surface area contributed by atoms with Gasteiger partial charge >= 0.3 is 0 Å². The van der Waals surface area contributed by atoms with Gasteiger partial charge in [0.1, 0.15) is 0 Å². The third-order valence-electron chi connectivity index (χ3n) is 3.91. The molecule has 4 rings (SSSR count). The topological polar surface area (TPSA) is 58.5 Å². The van der Waals surface area contributed by atoms with Crippen molar-refractivity contribution in [3.05, 3.63) is 54.1 Å². The van der Waals surface area contributed by atoms with Crippen molar-refractivity contribution in [3.8, 4) is 11.1 Å². The normalized spacial score (nSPS) is 13.3. The second kappa shape index (κ2) is 5.09. The quantitative estimate of drug-likeness (QED) is 0.772. The first-order valence-electron chi connectivity index (χ1n) is 7.27. The smallest absolute Gasteiger partial charge is 0.0818 e. The Hall–Kier alpha value is -2.56. The molecule has 5 nitrogen and oxygen atoms in total. The van der Waals surface area contributed by atoms with Gasteiger partial charge in [-0.15, -0.1) is 0 Å². The highest BCUT2D eigenvalue weighted by molar-refractivity contribution is 5.64. The minimum atomic E-state index is 0.769. The van der Waals surface area contributed by atoms with Crippen LogP contribution < -0.4 is 5.32 Å². The fourth-order valence-corrected chi connectivity index (χ4v) is 2.79. The molecule has 0 aliphatic carbocycles. The summed E-state index contributed by atoms with van der Waals surface area (Å²) in [6.07, 6.45) is 6.11. The Labute approximate surface area is 123 Å².